The van der Waals surface area contributed by atoms with Crippen molar-refractivity contribution in [2.45, 2.75) is 32.9 Å². The van der Waals surface area contributed by atoms with Crippen LogP contribution in [-0.4, -0.2) is 11.1 Å². The summed E-state index contributed by atoms with van der Waals surface area (Å²) in [5.41, 5.74) is 1.76. The fraction of sp³-hybridized carbons (Fsp3) is 0.375. The Morgan fingerprint density at radius 1 is 1.30 bits per heavy atom. The summed E-state index contributed by atoms with van der Waals surface area (Å²) in [6, 6.07) is 9.42. The maximum atomic E-state index is 14.0. The summed E-state index contributed by atoms with van der Waals surface area (Å²) >= 11 is 5.83. The van der Waals surface area contributed by atoms with E-state index in [2.05, 4.69) is 29.8 Å². The van der Waals surface area contributed by atoms with Crippen molar-refractivity contribution in [1.29, 1.82) is 0 Å². The molecule has 2 rings (SSSR count). The maximum absolute atomic E-state index is 14.0. The van der Waals surface area contributed by atoms with Gasteiger partial charge in [-0.05, 0) is 38.1 Å². The normalized spacial score (nSPS) is 12.6. The number of hydrogen-bond donors (Lipinski definition) is 1. The van der Waals surface area contributed by atoms with Gasteiger partial charge in [0, 0.05) is 23.5 Å². The predicted molar refractivity (Wildman–Crippen MR) is 81.7 cm³/mol. The highest BCUT2D eigenvalue weighted by Crippen LogP contribution is 2.21. The molecule has 0 aliphatic carbocycles. The Balaban J connectivity index is 2.18. The fourth-order valence-corrected chi connectivity index (χ4v) is 2.48. The van der Waals surface area contributed by atoms with Crippen LogP contribution < -0.4 is 5.32 Å². The minimum absolute atomic E-state index is 0.174. The fourth-order valence-electron chi connectivity index (χ4n) is 2.28. The van der Waals surface area contributed by atoms with Gasteiger partial charge in [-0.25, -0.2) is 4.39 Å². The molecule has 0 aliphatic heterocycles. The van der Waals surface area contributed by atoms with Crippen molar-refractivity contribution in [3.05, 3.63) is 58.6 Å². The minimum atomic E-state index is -0.331. The first-order valence-electron chi connectivity index (χ1n) is 6.94. The summed E-state index contributed by atoms with van der Waals surface area (Å²) in [5, 5.41) is 3.62. The molecule has 4 heteroatoms. The zero-order chi connectivity index (χ0) is 14.5. The van der Waals surface area contributed by atoms with Gasteiger partial charge in [0.15, 0.2) is 0 Å². The lowest BCUT2D eigenvalue weighted by molar-refractivity contribution is 0.529. The van der Waals surface area contributed by atoms with Gasteiger partial charge >= 0.3 is 0 Å². The highest BCUT2D eigenvalue weighted by molar-refractivity contribution is 6.30. The van der Waals surface area contributed by atoms with Crippen LogP contribution in [0.5, 0.6) is 0 Å². The summed E-state index contributed by atoms with van der Waals surface area (Å²) in [4.78, 5) is 0. The zero-order valence-corrected chi connectivity index (χ0v) is 12.6. The Bertz CT molecular complexity index is 565. The van der Waals surface area contributed by atoms with Crippen LogP contribution in [0, 0.1) is 5.82 Å². The Morgan fingerprint density at radius 3 is 2.85 bits per heavy atom. The Hall–Kier alpha value is -1.32. The number of halogens is 2. The van der Waals surface area contributed by atoms with Crippen LogP contribution in [0.4, 0.5) is 4.39 Å². The van der Waals surface area contributed by atoms with E-state index in [9.17, 15) is 4.39 Å². The van der Waals surface area contributed by atoms with Gasteiger partial charge in [0.25, 0.3) is 0 Å². The highest BCUT2D eigenvalue weighted by atomic mass is 35.5. The molecule has 1 unspecified atom stereocenters. The summed E-state index contributed by atoms with van der Waals surface area (Å²) in [7, 11) is 0. The van der Waals surface area contributed by atoms with Crippen LogP contribution in [0.2, 0.25) is 5.02 Å². The van der Waals surface area contributed by atoms with Gasteiger partial charge in [-0.15, -0.1) is 0 Å². The molecule has 0 bridgehead atoms. The first-order valence-corrected chi connectivity index (χ1v) is 7.32. The second-order valence-corrected chi connectivity index (χ2v) is 5.36. The Kier molecular flexibility index (Phi) is 5.21. The molecule has 0 saturated carbocycles. The van der Waals surface area contributed by atoms with Crippen LogP contribution in [0.15, 0.2) is 36.5 Å². The van der Waals surface area contributed by atoms with E-state index >= 15 is 0 Å². The number of hydrogen-bond acceptors (Lipinski definition) is 1. The first kappa shape index (κ1) is 15.1. The third-order valence-corrected chi connectivity index (χ3v) is 3.67. The van der Waals surface area contributed by atoms with Gasteiger partial charge in [-0.1, -0.05) is 30.7 Å². The van der Waals surface area contributed by atoms with Crippen molar-refractivity contribution in [3.63, 3.8) is 0 Å². The van der Waals surface area contributed by atoms with E-state index in [0.29, 0.717) is 12.1 Å². The smallest absolute Gasteiger partial charge is 0.146 e. The molecular formula is C16H20ClFN2. The SMILES string of the molecule is CCCNC(C)c1cccn1Cc1cccc(Cl)c1F. The molecule has 20 heavy (non-hydrogen) atoms. The highest BCUT2D eigenvalue weighted by Gasteiger charge is 2.12. The molecule has 0 amide bonds. The largest absolute Gasteiger partial charge is 0.345 e. The molecular weight excluding hydrogens is 275 g/mol. The topological polar surface area (TPSA) is 17.0 Å². The second-order valence-electron chi connectivity index (χ2n) is 4.95. The van der Waals surface area contributed by atoms with Gasteiger partial charge in [-0.3, -0.25) is 0 Å². The predicted octanol–water partition coefficient (Wildman–Crippen LogP) is 4.39. The lowest BCUT2D eigenvalue weighted by Crippen LogP contribution is -2.22. The number of rotatable bonds is 6. The van der Waals surface area contributed by atoms with Crippen molar-refractivity contribution >= 4 is 11.6 Å². The standard InChI is InChI=1S/C16H20ClFN2/c1-3-9-19-12(2)15-8-5-10-20(15)11-13-6-4-7-14(17)16(13)18/h4-8,10,12,19H,3,9,11H2,1-2H3. The van der Waals surface area contributed by atoms with Crippen molar-refractivity contribution in [2.24, 2.45) is 0 Å². The van der Waals surface area contributed by atoms with Crippen LogP contribution in [0.25, 0.3) is 0 Å². The van der Waals surface area contributed by atoms with E-state index in [1.807, 2.05) is 12.3 Å². The number of nitrogens with zero attached hydrogens (tertiary/aromatic N) is 1. The van der Waals surface area contributed by atoms with Gasteiger partial charge in [0.1, 0.15) is 5.82 Å². The molecule has 1 aromatic heterocycles. The van der Waals surface area contributed by atoms with Crippen molar-refractivity contribution in [2.75, 3.05) is 6.54 Å². The van der Waals surface area contributed by atoms with E-state index in [0.717, 1.165) is 18.7 Å². The van der Waals surface area contributed by atoms with Gasteiger partial charge in [-0.2, -0.15) is 0 Å². The molecule has 1 N–H and O–H groups in total. The molecule has 1 aromatic carbocycles. The zero-order valence-electron chi connectivity index (χ0n) is 11.9. The molecule has 2 nitrogen and oxygen atoms in total. The third-order valence-electron chi connectivity index (χ3n) is 3.38. The van der Waals surface area contributed by atoms with E-state index < -0.39 is 0 Å². The average Bonchev–Trinajstić information content (AvgIpc) is 2.89. The van der Waals surface area contributed by atoms with E-state index in [-0.39, 0.29) is 16.9 Å². The van der Waals surface area contributed by atoms with Crippen LogP contribution in [-0.2, 0) is 6.54 Å². The number of aromatic nitrogens is 1. The van der Waals surface area contributed by atoms with Gasteiger partial charge in [0.05, 0.1) is 11.6 Å². The van der Waals surface area contributed by atoms with Crippen LogP contribution >= 0.6 is 11.6 Å². The quantitative estimate of drug-likeness (QED) is 0.836. The van der Waals surface area contributed by atoms with E-state index in [4.69, 9.17) is 11.6 Å². The summed E-state index contributed by atoms with van der Waals surface area (Å²) < 4.78 is 16.0. The van der Waals surface area contributed by atoms with Crippen molar-refractivity contribution in [3.8, 4) is 0 Å². The second kappa shape index (κ2) is 6.91. The average molecular weight is 295 g/mol. The van der Waals surface area contributed by atoms with Crippen LogP contribution in [0.3, 0.4) is 0 Å². The lowest BCUT2D eigenvalue weighted by Gasteiger charge is -2.17. The van der Waals surface area contributed by atoms with Crippen molar-refractivity contribution < 1.29 is 4.39 Å². The molecule has 2 aromatic rings. The molecule has 1 atom stereocenters. The summed E-state index contributed by atoms with van der Waals surface area (Å²) in [6.07, 6.45) is 3.06. The molecule has 0 saturated heterocycles. The number of benzene rings is 1. The first-order chi connectivity index (χ1) is 9.63. The summed E-state index contributed by atoms with van der Waals surface area (Å²) in [6.45, 7) is 5.72. The Labute approximate surface area is 124 Å². The molecule has 0 spiro atoms. The third kappa shape index (κ3) is 3.41. The van der Waals surface area contributed by atoms with Gasteiger partial charge in [0.2, 0.25) is 0 Å². The molecule has 108 valence electrons. The maximum Gasteiger partial charge on any atom is 0.146 e. The van der Waals surface area contributed by atoms with Crippen molar-refractivity contribution in [1.82, 2.24) is 9.88 Å². The molecule has 0 fully saturated rings. The van der Waals surface area contributed by atoms with Gasteiger partial charge < -0.3 is 9.88 Å². The lowest BCUT2D eigenvalue weighted by atomic mass is 10.2. The molecule has 1 heterocycles. The Morgan fingerprint density at radius 2 is 2.10 bits per heavy atom. The van der Waals surface area contributed by atoms with E-state index in [1.165, 1.54) is 0 Å². The minimum Gasteiger partial charge on any atom is -0.345 e. The molecule has 0 radical (unpaired) electrons. The monoisotopic (exact) mass is 294 g/mol. The van der Waals surface area contributed by atoms with E-state index in [1.54, 1.807) is 18.2 Å². The van der Waals surface area contributed by atoms with Crippen LogP contribution in [0.1, 0.15) is 37.6 Å². The summed E-state index contributed by atoms with van der Waals surface area (Å²) in [5.74, 6) is -0.331. The number of nitrogens with one attached hydrogen (secondary N) is 1. The molecule has 0 aliphatic rings.